The topological polar surface area (TPSA) is 66.8 Å². The molecule has 4 nitrogen and oxygen atoms in total. The van der Waals surface area contributed by atoms with E-state index in [1.54, 1.807) is 6.07 Å². The molecule has 5 atom stereocenters. The third kappa shape index (κ3) is 3.90. The average molecular weight is 322 g/mol. The lowest BCUT2D eigenvalue weighted by atomic mass is 9.87. The van der Waals surface area contributed by atoms with Crippen molar-refractivity contribution in [2.75, 3.05) is 0 Å². The minimum Gasteiger partial charge on any atom is -0.462 e. The van der Waals surface area contributed by atoms with Crippen LogP contribution in [0.4, 0.5) is 4.39 Å². The first-order valence-electron chi connectivity index (χ1n) is 8.33. The maximum Gasteiger partial charge on any atom is 0.306 e. The molecule has 0 aromatic heterocycles. The molecule has 0 unspecified atom stereocenters. The minimum atomic E-state index is -0.484. The summed E-state index contributed by atoms with van der Waals surface area (Å²) in [5.74, 6) is -0.324. The van der Waals surface area contributed by atoms with Gasteiger partial charge in [0.2, 0.25) is 0 Å². The van der Waals surface area contributed by atoms with E-state index in [0.29, 0.717) is 38.5 Å². The van der Waals surface area contributed by atoms with Crippen molar-refractivity contribution in [1.29, 1.82) is 0 Å². The van der Waals surface area contributed by atoms with Crippen LogP contribution in [0.25, 0.3) is 0 Å². The van der Waals surface area contributed by atoms with Crippen LogP contribution in [-0.2, 0) is 16.0 Å². The molecule has 1 saturated heterocycles. The van der Waals surface area contributed by atoms with Gasteiger partial charge in [-0.05, 0) is 49.3 Å². The first-order chi connectivity index (χ1) is 11.0. The number of rotatable bonds is 6. The second kappa shape index (κ2) is 6.97. The van der Waals surface area contributed by atoms with Crippen molar-refractivity contribution in [3.8, 4) is 0 Å². The van der Waals surface area contributed by atoms with Crippen LogP contribution in [-0.4, -0.2) is 34.5 Å². The quantitative estimate of drug-likeness (QED) is 0.788. The number of fused-ring (bicyclic) bond motifs is 1. The van der Waals surface area contributed by atoms with Crippen LogP contribution in [0.15, 0.2) is 24.3 Å². The SMILES string of the molecule is O=C1C[C@@H]2[C@@H](CC[C@@H](O)CCc3cccc(F)c3)[C@H](O)C[C@@H]2O1. The van der Waals surface area contributed by atoms with Gasteiger partial charge in [-0.25, -0.2) is 4.39 Å². The summed E-state index contributed by atoms with van der Waals surface area (Å²) in [6.45, 7) is 0. The number of carbonyl (C=O) groups is 1. The van der Waals surface area contributed by atoms with Gasteiger partial charge in [-0.2, -0.15) is 0 Å². The summed E-state index contributed by atoms with van der Waals surface area (Å²) in [6.07, 6.45) is 2.27. The Hall–Kier alpha value is -1.46. The zero-order chi connectivity index (χ0) is 16.4. The van der Waals surface area contributed by atoms with Crippen LogP contribution in [0.1, 0.15) is 37.7 Å². The van der Waals surface area contributed by atoms with Gasteiger partial charge in [-0.1, -0.05) is 12.1 Å². The largest absolute Gasteiger partial charge is 0.462 e. The summed E-state index contributed by atoms with van der Waals surface area (Å²) in [4.78, 5) is 11.4. The van der Waals surface area contributed by atoms with E-state index in [0.717, 1.165) is 5.56 Å². The second-order valence-corrected chi connectivity index (χ2v) is 6.76. The van der Waals surface area contributed by atoms with E-state index in [1.807, 2.05) is 6.07 Å². The summed E-state index contributed by atoms with van der Waals surface area (Å²) in [6, 6.07) is 6.41. The van der Waals surface area contributed by atoms with Gasteiger partial charge in [0.15, 0.2) is 0 Å². The van der Waals surface area contributed by atoms with Gasteiger partial charge >= 0.3 is 5.97 Å². The number of aryl methyl sites for hydroxylation is 1. The molecule has 1 aliphatic carbocycles. The number of halogens is 1. The minimum absolute atomic E-state index is 0.0234. The van der Waals surface area contributed by atoms with Crippen molar-refractivity contribution in [3.05, 3.63) is 35.6 Å². The van der Waals surface area contributed by atoms with E-state index in [9.17, 15) is 19.4 Å². The predicted octanol–water partition coefficient (Wildman–Crippen LogP) is 2.21. The molecule has 1 heterocycles. The van der Waals surface area contributed by atoms with Gasteiger partial charge in [0.05, 0.1) is 18.6 Å². The van der Waals surface area contributed by atoms with Crippen molar-refractivity contribution in [2.45, 2.75) is 56.8 Å². The van der Waals surface area contributed by atoms with Crippen molar-refractivity contribution in [1.82, 2.24) is 0 Å². The van der Waals surface area contributed by atoms with Crippen molar-refractivity contribution in [2.24, 2.45) is 11.8 Å². The van der Waals surface area contributed by atoms with E-state index in [1.165, 1.54) is 12.1 Å². The number of aliphatic hydroxyl groups is 2. The smallest absolute Gasteiger partial charge is 0.306 e. The highest BCUT2D eigenvalue weighted by Gasteiger charge is 2.49. The fourth-order valence-electron chi connectivity index (χ4n) is 3.94. The van der Waals surface area contributed by atoms with E-state index in [2.05, 4.69) is 0 Å². The number of hydrogen-bond donors (Lipinski definition) is 2. The highest BCUT2D eigenvalue weighted by Crippen LogP contribution is 2.43. The fraction of sp³-hybridized carbons (Fsp3) is 0.611. The zero-order valence-corrected chi connectivity index (χ0v) is 13.0. The van der Waals surface area contributed by atoms with Gasteiger partial charge in [0.1, 0.15) is 11.9 Å². The second-order valence-electron chi connectivity index (χ2n) is 6.76. The lowest BCUT2D eigenvalue weighted by Crippen LogP contribution is -2.22. The Morgan fingerprint density at radius 1 is 1.35 bits per heavy atom. The molecule has 3 rings (SSSR count). The maximum absolute atomic E-state index is 13.1. The monoisotopic (exact) mass is 322 g/mol. The van der Waals surface area contributed by atoms with Gasteiger partial charge in [-0.15, -0.1) is 0 Å². The molecule has 0 bridgehead atoms. The molecule has 0 radical (unpaired) electrons. The summed E-state index contributed by atoms with van der Waals surface area (Å²) >= 11 is 0. The lowest BCUT2D eigenvalue weighted by Gasteiger charge is -2.20. The highest BCUT2D eigenvalue weighted by atomic mass is 19.1. The number of carbonyl (C=O) groups excluding carboxylic acids is 1. The standard InChI is InChI=1S/C18H23FO4/c19-12-3-1-2-11(8-12)4-5-13(20)6-7-14-15-9-18(22)23-17(15)10-16(14)21/h1-3,8,13-17,20-21H,4-7,9-10H2/t13-,14+,15+,16+,17-/m0/s1. The molecule has 1 aliphatic heterocycles. The van der Waals surface area contributed by atoms with Crippen LogP contribution in [0.3, 0.4) is 0 Å². The highest BCUT2D eigenvalue weighted by molar-refractivity contribution is 5.72. The van der Waals surface area contributed by atoms with Gasteiger partial charge in [-0.3, -0.25) is 4.79 Å². The van der Waals surface area contributed by atoms with Gasteiger partial charge < -0.3 is 14.9 Å². The molecule has 1 aromatic carbocycles. The molecule has 23 heavy (non-hydrogen) atoms. The fourth-order valence-corrected chi connectivity index (χ4v) is 3.94. The lowest BCUT2D eigenvalue weighted by molar-refractivity contribution is -0.141. The summed E-state index contributed by atoms with van der Waals surface area (Å²) < 4.78 is 18.3. The van der Waals surface area contributed by atoms with Gasteiger partial charge in [0.25, 0.3) is 0 Å². The summed E-state index contributed by atoms with van der Waals surface area (Å²) in [7, 11) is 0. The van der Waals surface area contributed by atoms with Crippen molar-refractivity contribution < 1.29 is 24.1 Å². The Morgan fingerprint density at radius 2 is 2.17 bits per heavy atom. The molecule has 126 valence electrons. The molecule has 2 fully saturated rings. The molecule has 0 spiro atoms. The van der Waals surface area contributed by atoms with Crippen LogP contribution in [0.2, 0.25) is 0 Å². The van der Waals surface area contributed by atoms with E-state index < -0.39 is 12.2 Å². The maximum atomic E-state index is 13.1. The molecule has 0 amide bonds. The van der Waals surface area contributed by atoms with Crippen molar-refractivity contribution >= 4 is 5.97 Å². The third-order valence-corrected chi connectivity index (χ3v) is 5.17. The van der Waals surface area contributed by atoms with Crippen LogP contribution < -0.4 is 0 Å². The van der Waals surface area contributed by atoms with Crippen LogP contribution in [0.5, 0.6) is 0 Å². The van der Waals surface area contributed by atoms with Crippen LogP contribution in [0, 0.1) is 17.7 Å². The first kappa shape index (κ1) is 16.4. The van der Waals surface area contributed by atoms with Crippen LogP contribution >= 0.6 is 0 Å². The summed E-state index contributed by atoms with van der Waals surface area (Å²) in [5, 5.41) is 20.3. The molecular formula is C18H23FO4. The Balaban J connectivity index is 1.45. The van der Waals surface area contributed by atoms with E-state index in [4.69, 9.17) is 4.74 Å². The Morgan fingerprint density at radius 3 is 2.96 bits per heavy atom. The molecular weight excluding hydrogens is 299 g/mol. The number of hydrogen-bond acceptors (Lipinski definition) is 4. The van der Waals surface area contributed by atoms with Gasteiger partial charge in [0, 0.05) is 12.3 Å². The Bertz CT molecular complexity index is 562. The predicted molar refractivity (Wildman–Crippen MR) is 82.1 cm³/mol. The number of benzene rings is 1. The van der Waals surface area contributed by atoms with E-state index >= 15 is 0 Å². The normalized spacial score (nSPS) is 31.0. The Kier molecular flexibility index (Phi) is 4.97. The molecule has 1 aromatic rings. The molecule has 2 aliphatic rings. The van der Waals surface area contributed by atoms with E-state index in [-0.39, 0.29) is 29.7 Å². The Labute approximate surface area is 135 Å². The summed E-state index contributed by atoms with van der Waals surface area (Å²) in [5.41, 5.74) is 0.875. The molecule has 5 heteroatoms. The number of ether oxygens (including phenoxy) is 1. The number of esters is 1. The zero-order valence-electron chi connectivity index (χ0n) is 13.0. The third-order valence-electron chi connectivity index (χ3n) is 5.17. The van der Waals surface area contributed by atoms with Crippen molar-refractivity contribution in [3.63, 3.8) is 0 Å². The first-order valence-corrected chi connectivity index (χ1v) is 8.33. The average Bonchev–Trinajstić information content (AvgIpc) is 2.98. The molecule has 1 saturated carbocycles. The molecule has 2 N–H and O–H groups in total. The number of aliphatic hydroxyl groups excluding tert-OH is 2.